The largest absolute Gasteiger partial charge is 0.317 e. The molecule has 0 aromatic heterocycles. The van der Waals surface area contributed by atoms with Gasteiger partial charge in [-0.15, -0.1) is 0 Å². The summed E-state index contributed by atoms with van der Waals surface area (Å²) >= 11 is 9.97. The van der Waals surface area contributed by atoms with Crippen molar-refractivity contribution in [1.29, 1.82) is 0 Å². The van der Waals surface area contributed by atoms with Crippen molar-refractivity contribution >= 4 is 27.5 Å². The molecule has 1 aliphatic heterocycles. The summed E-state index contributed by atoms with van der Waals surface area (Å²) in [5.41, 5.74) is 1.26. The number of rotatable bonds is 5. The van der Waals surface area contributed by atoms with Gasteiger partial charge >= 0.3 is 0 Å². The van der Waals surface area contributed by atoms with E-state index in [1.54, 1.807) is 0 Å². The first kappa shape index (κ1) is 15.8. The van der Waals surface area contributed by atoms with Crippen LogP contribution in [-0.2, 0) is 0 Å². The molecule has 1 aromatic carbocycles. The Morgan fingerprint density at radius 1 is 1.29 bits per heavy atom. The number of hydrogen-bond donors (Lipinski definition) is 1. The third-order valence-electron chi connectivity index (χ3n) is 4.85. The molecule has 0 radical (unpaired) electrons. The molecular formula is C17H24BrClN2. The first-order chi connectivity index (χ1) is 10.1. The lowest BCUT2D eigenvalue weighted by molar-refractivity contribution is 0.152. The summed E-state index contributed by atoms with van der Waals surface area (Å²) < 4.78 is 1.06. The SMILES string of the molecule is CC(c1ccc(Br)cc1Cl)N(CC1CCNCC1)C1CC1. The van der Waals surface area contributed by atoms with Crippen molar-refractivity contribution in [3.8, 4) is 0 Å². The van der Waals surface area contributed by atoms with Crippen molar-refractivity contribution in [3.05, 3.63) is 33.3 Å². The Morgan fingerprint density at radius 2 is 2.00 bits per heavy atom. The van der Waals surface area contributed by atoms with Crippen LogP contribution in [0.4, 0.5) is 0 Å². The summed E-state index contributed by atoms with van der Waals surface area (Å²) in [5.74, 6) is 0.837. The van der Waals surface area contributed by atoms with E-state index in [-0.39, 0.29) is 0 Å². The zero-order valence-electron chi connectivity index (χ0n) is 12.6. The van der Waals surface area contributed by atoms with Crippen molar-refractivity contribution in [2.45, 2.75) is 44.7 Å². The van der Waals surface area contributed by atoms with E-state index >= 15 is 0 Å². The van der Waals surface area contributed by atoms with E-state index in [2.05, 4.69) is 45.2 Å². The lowest BCUT2D eigenvalue weighted by Crippen LogP contribution is -2.38. The van der Waals surface area contributed by atoms with E-state index in [9.17, 15) is 0 Å². The van der Waals surface area contributed by atoms with Gasteiger partial charge in [0.25, 0.3) is 0 Å². The maximum atomic E-state index is 6.47. The Kier molecular flexibility index (Phi) is 5.26. The Labute approximate surface area is 141 Å². The van der Waals surface area contributed by atoms with E-state index in [0.29, 0.717) is 6.04 Å². The second-order valence-corrected chi connectivity index (χ2v) is 7.79. The molecule has 0 bridgehead atoms. The monoisotopic (exact) mass is 370 g/mol. The second-order valence-electron chi connectivity index (χ2n) is 6.46. The first-order valence-electron chi connectivity index (χ1n) is 8.06. The Balaban J connectivity index is 1.73. The van der Waals surface area contributed by atoms with Gasteiger partial charge in [0.1, 0.15) is 0 Å². The fraction of sp³-hybridized carbons (Fsp3) is 0.647. The number of benzene rings is 1. The zero-order chi connectivity index (χ0) is 14.8. The Hall–Kier alpha value is -0.0900. The summed E-state index contributed by atoms with van der Waals surface area (Å²) in [6, 6.07) is 7.48. The van der Waals surface area contributed by atoms with Gasteiger partial charge in [0, 0.05) is 28.1 Å². The van der Waals surface area contributed by atoms with Crippen LogP contribution in [0.2, 0.25) is 5.02 Å². The minimum atomic E-state index is 0.410. The molecule has 0 amide bonds. The molecule has 2 nitrogen and oxygen atoms in total. The van der Waals surface area contributed by atoms with Crippen LogP contribution in [0.15, 0.2) is 22.7 Å². The van der Waals surface area contributed by atoms with Crippen LogP contribution in [0.5, 0.6) is 0 Å². The third kappa shape index (κ3) is 4.01. The molecule has 21 heavy (non-hydrogen) atoms. The molecule has 1 saturated heterocycles. The highest BCUT2D eigenvalue weighted by molar-refractivity contribution is 9.10. The highest BCUT2D eigenvalue weighted by Gasteiger charge is 2.34. The molecule has 4 heteroatoms. The van der Waals surface area contributed by atoms with Gasteiger partial charge in [0.05, 0.1) is 0 Å². The van der Waals surface area contributed by atoms with E-state index < -0.39 is 0 Å². The lowest BCUT2D eigenvalue weighted by Gasteiger charge is -2.35. The molecule has 116 valence electrons. The second kappa shape index (κ2) is 6.99. The first-order valence-corrected chi connectivity index (χ1v) is 9.23. The number of piperidine rings is 1. The van der Waals surface area contributed by atoms with E-state index in [1.165, 1.54) is 50.9 Å². The van der Waals surface area contributed by atoms with Crippen LogP contribution >= 0.6 is 27.5 Å². The van der Waals surface area contributed by atoms with E-state index in [0.717, 1.165) is 21.5 Å². The topological polar surface area (TPSA) is 15.3 Å². The average molecular weight is 372 g/mol. The Morgan fingerprint density at radius 3 is 2.62 bits per heavy atom. The lowest BCUT2D eigenvalue weighted by atomic mass is 9.96. The van der Waals surface area contributed by atoms with Gasteiger partial charge in [-0.3, -0.25) is 4.90 Å². The predicted octanol–water partition coefficient (Wildman–Crippen LogP) is 4.63. The predicted molar refractivity (Wildman–Crippen MR) is 92.9 cm³/mol. The minimum absolute atomic E-state index is 0.410. The molecule has 1 atom stereocenters. The maximum Gasteiger partial charge on any atom is 0.0464 e. The van der Waals surface area contributed by atoms with Crippen molar-refractivity contribution in [3.63, 3.8) is 0 Å². The molecular weight excluding hydrogens is 348 g/mol. The van der Waals surface area contributed by atoms with Gasteiger partial charge in [-0.2, -0.15) is 0 Å². The molecule has 1 unspecified atom stereocenters. The smallest absolute Gasteiger partial charge is 0.0464 e. The number of nitrogens with one attached hydrogen (secondary N) is 1. The van der Waals surface area contributed by atoms with Crippen molar-refractivity contribution < 1.29 is 0 Å². The fourth-order valence-corrected chi connectivity index (χ4v) is 4.24. The summed E-state index contributed by atoms with van der Waals surface area (Å²) in [5, 5.41) is 4.35. The van der Waals surface area contributed by atoms with Crippen LogP contribution in [-0.4, -0.2) is 30.6 Å². The van der Waals surface area contributed by atoms with Gasteiger partial charge in [-0.25, -0.2) is 0 Å². The number of nitrogens with zero attached hydrogens (tertiary/aromatic N) is 1. The highest BCUT2D eigenvalue weighted by atomic mass is 79.9. The minimum Gasteiger partial charge on any atom is -0.317 e. The molecule has 0 spiro atoms. The van der Waals surface area contributed by atoms with E-state index in [1.807, 2.05) is 6.07 Å². The summed E-state index contributed by atoms with van der Waals surface area (Å²) in [4.78, 5) is 2.70. The number of hydrogen-bond acceptors (Lipinski definition) is 2. The van der Waals surface area contributed by atoms with Gasteiger partial charge in [0.2, 0.25) is 0 Å². The molecule has 3 rings (SSSR count). The standard InChI is InChI=1S/C17H24BrClN2/c1-12(16-5-2-14(18)10-17(16)19)21(15-3-4-15)11-13-6-8-20-9-7-13/h2,5,10,12-13,15,20H,3-4,6-9,11H2,1H3. The third-order valence-corrected chi connectivity index (χ3v) is 5.67. The zero-order valence-corrected chi connectivity index (χ0v) is 15.0. The number of halogens is 2. The van der Waals surface area contributed by atoms with E-state index in [4.69, 9.17) is 11.6 Å². The molecule has 2 aliphatic rings. The van der Waals surface area contributed by atoms with Gasteiger partial charge < -0.3 is 5.32 Å². The molecule has 1 saturated carbocycles. The molecule has 2 fully saturated rings. The molecule has 1 aromatic rings. The van der Waals surface area contributed by atoms with Gasteiger partial charge in [0.15, 0.2) is 0 Å². The molecule has 1 heterocycles. The average Bonchev–Trinajstić information content (AvgIpc) is 3.30. The summed E-state index contributed by atoms with van der Waals surface area (Å²) in [6.07, 6.45) is 5.32. The van der Waals surface area contributed by atoms with Crippen molar-refractivity contribution in [2.24, 2.45) is 5.92 Å². The normalized spacial score (nSPS) is 21.7. The summed E-state index contributed by atoms with van der Waals surface area (Å²) in [6.45, 7) is 5.89. The summed E-state index contributed by atoms with van der Waals surface area (Å²) in [7, 11) is 0. The van der Waals surface area contributed by atoms with Crippen LogP contribution in [0.25, 0.3) is 0 Å². The van der Waals surface area contributed by atoms with Crippen LogP contribution in [0.1, 0.15) is 44.2 Å². The van der Waals surface area contributed by atoms with Crippen LogP contribution < -0.4 is 5.32 Å². The highest BCUT2D eigenvalue weighted by Crippen LogP contribution is 2.38. The fourth-order valence-electron chi connectivity index (χ4n) is 3.41. The van der Waals surface area contributed by atoms with Gasteiger partial charge in [-0.1, -0.05) is 33.6 Å². The van der Waals surface area contributed by atoms with Crippen LogP contribution in [0.3, 0.4) is 0 Å². The van der Waals surface area contributed by atoms with Crippen LogP contribution in [0, 0.1) is 5.92 Å². The Bertz CT molecular complexity index is 484. The van der Waals surface area contributed by atoms with Crippen molar-refractivity contribution in [2.75, 3.05) is 19.6 Å². The molecule has 1 aliphatic carbocycles. The quantitative estimate of drug-likeness (QED) is 0.812. The van der Waals surface area contributed by atoms with Gasteiger partial charge in [-0.05, 0) is 69.3 Å². The maximum absolute atomic E-state index is 6.47. The molecule has 1 N–H and O–H groups in total. The van der Waals surface area contributed by atoms with Crippen molar-refractivity contribution in [1.82, 2.24) is 10.2 Å².